The maximum atomic E-state index is 5.18. The molecule has 0 spiro atoms. The first-order valence-electron chi connectivity index (χ1n) is 6.02. The molecule has 3 nitrogen and oxygen atoms in total. The van der Waals surface area contributed by atoms with E-state index in [1.807, 2.05) is 12.1 Å². The van der Waals surface area contributed by atoms with Crippen molar-refractivity contribution in [3.05, 3.63) is 47.5 Å². The molecular weight excluding hydrogens is 212 g/mol. The van der Waals surface area contributed by atoms with E-state index in [9.17, 15) is 0 Å². The molecule has 1 N–H and O–H groups in total. The van der Waals surface area contributed by atoms with Crippen LogP contribution in [0.25, 0.3) is 0 Å². The Bertz CT molecular complexity index is 501. The second kappa shape index (κ2) is 4.24. The van der Waals surface area contributed by atoms with Crippen LogP contribution < -0.4 is 4.74 Å². The molecule has 0 radical (unpaired) electrons. The number of aromatic amines is 1. The predicted octanol–water partition coefficient (Wildman–Crippen LogP) is 2.69. The van der Waals surface area contributed by atoms with Crippen LogP contribution in [-0.2, 0) is 12.8 Å². The number of imidazole rings is 1. The largest absolute Gasteiger partial charge is 0.497 e. The second-order valence-electron chi connectivity index (χ2n) is 4.54. The van der Waals surface area contributed by atoms with E-state index in [4.69, 9.17) is 4.74 Å². The van der Waals surface area contributed by atoms with Crippen molar-refractivity contribution in [3.63, 3.8) is 0 Å². The molecular formula is C14H16N2O. The molecule has 1 atom stereocenters. The summed E-state index contributed by atoms with van der Waals surface area (Å²) in [5.74, 6) is 1.53. The summed E-state index contributed by atoms with van der Waals surface area (Å²) in [6, 6.07) is 8.42. The highest BCUT2D eigenvalue weighted by Gasteiger charge is 2.21. The molecule has 1 aliphatic rings. The molecule has 0 amide bonds. The number of nitrogens with zero attached hydrogens (tertiary/aromatic N) is 1. The van der Waals surface area contributed by atoms with Crippen LogP contribution in [0.15, 0.2) is 30.6 Å². The lowest BCUT2D eigenvalue weighted by atomic mass is 9.84. The van der Waals surface area contributed by atoms with Gasteiger partial charge in [0.15, 0.2) is 0 Å². The van der Waals surface area contributed by atoms with E-state index in [-0.39, 0.29) is 0 Å². The Hall–Kier alpha value is -1.77. The number of fused-ring (bicyclic) bond motifs is 1. The van der Waals surface area contributed by atoms with E-state index >= 15 is 0 Å². The van der Waals surface area contributed by atoms with Crippen LogP contribution in [0, 0.1) is 0 Å². The number of H-pyrrole nitrogens is 1. The van der Waals surface area contributed by atoms with E-state index in [0.29, 0.717) is 5.92 Å². The summed E-state index contributed by atoms with van der Waals surface area (Å²) < 4.78 is 5.18. The van der Waals surface area contributed by atoms with Crippen molar-refractivity contribution in [2.45, 2.75) is 25.2 Å². The Kier molecular flexibility index (Phi) is 2.59. The number of hydrogen-bond donors (Lipinski definition) is 1. The topological polar surface area (TPSA) is 37.9 Å². The molecule has 1 aromatic carbocycles. The van der Waals surface area contributed by atoms with Gasteiger partial charge < -0.3 is 9.72 Å². The fourth-order valence-corrected chi connectivity index (χ4v) is 2.56. The fourth-order valence-electron chi connectivity index (χ4n) is 2.56. The van der Waals surface area contributed by atoms with Gasteiger partial charge >= 0.3 is 0 Å². The van der Waals surface area contributed by atoms with Gasteiger partial charge in [-0.05, 0) is 42.9 Å². The molecule has 3 rings (SSSR count). The van der Waals surface area contributed by atoms with Crippen molar-refractivity contribution in [3.8, 4) is 5.75 Å². The van der Waals surface area contributed by atoms with Gasteiger partial charge in [0.05, 0.1) is 19.1 Å². The standard InChI is InChI=1S/C14H16N2O/c1-17-12-5-2-10(3-6-12)11-4-7-13-14(8-11)16-9-15-13/h2-3,5-6,9,11H,4,7-8H2,1H3,(H,15,16). The lowest BCUT2D eigenvalue weighted by Crippen LogP contribution is -2.12. The average molecular weight is 228 g/mol. The highest BCUT2D eigenvalue weighted by molar-refractivity contribution is 5.31. The lowest BCUT2D eigenvalue weighted by Gasteiger charge is -2.21. The van der Waals surface area contributed by atoms with E-state index in [0.717, 1.165) is 18.6 Å². The van der Waals surface area contributed by atoms with E-state index < -0.39 is 0 Å². The Balaban J connectivity index is 1.81. The lowest BCUT2D eigenvalue weighted by molar-refractivity contribution is 0.414. The van der Waals surface area contributed by atoms with Gasteiger partial charge in [0.1, 0.15) is 5.75 Å². The van der Waals surface area contributed by atoms with Crippen molar-refractivity contribution in [1.29, 1.82) is 0 Å². The van der Waals surface area contributed by atoms with Gasteiger partial charge in [0.25, 0.3) is 0 Å². The van der Waals surface area contributed by atoms with Crippen LogP contribution in [0.3, 0.4) is 0 Å². The minimum Gasteiger partial charge on any atom is -0.497 e. The molecule has 3 heteroatoms. The number of aryl methyl sites for hydroxylation is 1. The number of ether oxygens (including phenoxy) is 1. The minimum absolute atomic E-state index is 0.605. The van der Waals surface area contributed by atoms with Crippen molar-refractivity contribution in [1.82, 2.24) is 9.97 Å². The number of benzene rings is 1. The molecule has 1 aromatic heterocycles. The molecule has 17 heavy (non-hydrogen) atoms. The first-order chi connectivity index (χ1) is 8.36. The average Bonchev–Trinajstić information content (AvgIpc) is 2.86. The summed E-state index contributed by atoms with van der Waals surface area (Å²) in [5, 5.41) is 0. The molecule has 0 aliphatic heterocycles. The zero-order valence-corrected chi connectivity index (χ0v) is 9.94. The third-order valence-electron chi connectivity index (χ3n) is 3.57. The van der Waals surface area contributed by atoms with Gasteiger partial charge in [0, 0.05) is 5.69 Å². The summed E-state index contributed by atoms with van der Waals surface area (Å²) in [5.41, 5.74) is 3.94. The van der Waals surface area contributed by atoms with Crippen molar-refractivity contribution < 1.29 is 4.74 Å². The van der Waals surface area contributed by atoms with E-state index in [1.54, 1.807) is 13.4 Å². The summed E-state index contributed by atoms with van der Waals surface area (Å²) in [7, 11) is 1.70. The molecule has 1 heterocycles. The SMILES string of the molecule is COc1ccc(C2CCc3nc[nH]c3C2)cc1. The second-order valence-corrected chi connectivity index (χ2v) is 4.54. The van der Waals surface area contributed by atoms with Crippen LogP contribution >= 0.6 is 0 Å². The zero-order valence-electron chi connectivity index (χ0n) is 9.94. The molecule has 0 bridgehead atoms. The molecule has 88 valence electrons. The Morgan fingerprint density at radius 1 is 1.29 bits per heavy atom. The Morgan fingerprint density at radius 2 is 2.12 bits per heavy atom. The van der Waals surface area contributed by atoms with Gasteiger partial charge in [-0.1, -0.05) is 12.1 Å². The summed E-state index contributed by atoms with van der Waals surface area (Å²) in [6.45, 7) is 0. The summed E-state index contributed by atoms with van der Waals surface area (Å²) >= 11 is 0. The maximum absolute atomic E-state index is 5.18. The first-order valence-corrected chi connectivity index (χ1v) is 6.02. The highest BCUT2D eigenvalue weighted by atomic mass is 16.5. The molecule has 1 unspecified atom stereocenters. The quantitative estimate of drug-likeness (QED) is 0.858. The fraction of sp³-hybridized carbons (Fsp3) is 0.357. The highest BCUT2D eigenvalue weighted by Crippen LogP contribution is 2.31. The van der Waals surface area contributed by atoms with Gasteiger partial charge in [-0.15, -0.1) is 0 Å². The maximum Gasteiger partial charge on any atom is 0.118 e. The molecule has 0 fully saturated rings. The summed E-state index contributed by atoms with van der Waals surface area (Å²) in [6.07, 6.45) is 5.14. The molecule has 2 aromatic rings. The van der Waals surface area contributed by atoms with Crippen molar-refractivity contribution in [2.75, 3.05) is 7.11 Å². The third-order valence-corrected chi connectivity index (χ3v) is 3.57. The van der Waals surface area contributed by atoms with Crippen LogP contribution in [0.4, 0.5) is 0 Å². The van der Waals surface area contributed by atoms with Gasteiger partial charge in [-0.3, -0.25) is 0 Å². The molecule has 0 saturated carbocycles. The smallest absolute Gasteiger partial charge is 0.118 e. The van der Waals surface area contributed by atoms with Crippen LogP contribution in [0.5, 0.6) is 5.75 Å². The third kappa shape index (κ3) is 1.93. The van der Waals surface area contributed by atoms with Gasteiger partial charge in [0.2, 0.25) is 0 Å². The van der Waals surface area contributed by atoms with E-state index in [2.05, 4.69) is 22.1 Å². The van der Waals surface area contributed by atoms with Crippen molar-refractivity contribution >= 4 is 0 Å². The number of hydrogen-bond acceptors (Lipinski definition) is 2. The Labute approximate surface area is 101 Å². The van der Waals surface area contributed by atoms with Crippen molar-refractivity contribution in [2.24, 2.45) is 0 Å². The normalized spacial score (nSPS) is 18.8. The monoisotopic (exact) mass is 228 g/mol. The van der Waals surface area contributed by atoms with Crippen LogP contribution in [0.1, 0.15) is 29.3 Å². The predicted molar refractivity (Wildman–Crippen MR) is 66.3 cm³/mol. The first kappa shape index (κ1) is 10.4. The summed E-state index contributed by atoms with van der Waals surface area (Å²) in [4.78, 5) is 7.58. The van der Waals surface area contributed by atoms with Crippen LogP contribution in [0.2, 0.25) is 0 Å². The number of rotatable bonds is 2. The van der Waals surface area contributed by atoms with E-state index in [1.165, 1.54) is 23.4 Å². The number of nitrogens with one attached hydrogen (secondary N) is 1. The van der Waals surface area contributed by atoms with Gasteiger partial charge in [-0.2, -0.15) is 0 Å². The zero-order chi connectivity index (χ0) is 11.7. The van der Waals surface area contributed by atoms with Gasteiger partial charge in [-0.25, -0.2) is 4.98 Å². The van der Waals surface area contributed by atoms with Crippen LogP contribution in [-0.4, -0.2) is 17.1 Å². The number of aromatic nitrogens is 2. The number of methoxy groups -OCH3 is 1. The minimum atomic E-state index is 0.605. The molecule has 1 aliphatic carbocycles. The molecule has 0 saturated heterocycles. The Morgan fingerprint density at radius 3 is 2.88 bits per heavy atom.